The van der Waals surface area contributed by atoms with Crippen molar-refractivity contribution >= 4 is 5.82 Å². The summed E-state index contributed by atoms with van der Waals surface area (Å²) in [6, 6.07) is 1.50. The number of hydrogen-bond acceptors (Lipinski definition) is 2. The summed E-state index contributed by atoms with van der Waals surface area (Å²) in [5.41, 5.74) is 5.34. The molecule has 44 valence electrons. The molecule has 0 unspecified atom stereocenters. The molecule has 0 fully saturated rings. The Bertz CT molecular complexity index is 173. The lowest BCUT2D eigenvalue weighted by molar-refractivity contribution is 0.474. The third-order valence-electron chi connectivity index (χ3n) is 1.03. The van der Waals surface area contributed by atoms with Gasteiger partial charge in [0.15, 0.2) is 0 Å². The maximum absolute atomic E-state index is 8.73. The maximum Gasteiger partial charge on any atom is 0.135 e. The van der Waals surface area contributed by atoms with Crippen molar-refractivity contribution in [2.45, 2.75) is 0 Å². The summed E-state index contributed by atoms with van der Waals surface area (Å²) in [4.78, 5) is 0. The number of aromatic nitrogens is 1. The molecular weight excluding hydrogens is 104 g/mol. The Morgan fingerprint density at radius 2 is 2.38 bits per heavy atom. The van der Waals surface area contributed by atoms with Crippen LogP contribution in [0, 0.1) is 0 Å². The van der Waals surface area contributed by atoms with Crippen molar-refractivity contribution in [1.29, 1.82) is 0 Å². The van der Waals surface area contributed by atoms with Gasteiger partial charge in [-0.25, -0.2) is 0 Å². The Hall–Kier alpha value is -1.12. The number of hydrogen-bond donors (Lipinski definition) is 2. The van der Waals surface area contributed by atoms with Gasteiger partial charge in [0, 0.05) is 19.3 Å². The maximum atomic E-state index is 8.73. The van der Waals surface area contributed by atoms with Gasteiger partial charge in [0.05, 0.1) is 0 Å². The molecule has 0 spiro atoms. The molecular formula is C5H8N2O. The highest BCUT2D eigenvalue weighted by Gasteiger charge is 1.93. The van der Waals surface area contributed by atoms with E-state index in [1.165, 1.54) is 6.07 Å². The molecule has 3 N–H and O–H groups in total. The monoisotopic (exact) mass is 112 g/mol. The summed E-state index contributed by atoms with van der Waals surface area (Å²) in [5, 5.41) is 8.73. The molecule has 0 bridgehead atoms. The zero-order valence-electron chi connectivity index (χ0n) is 4.63. The summed E-state index contributed by atoms with van der Waals surface area (Å²) in [6.45, 7) is 0. The summed E-state index contributed by atoms with van der Waals surface area (Å²) in [6.07, 6.45) is 1.55. The van der Waals surface area contributed by atoms with Crippen LogP contribution in [0.25, 0.3) is 0 Å². The third-order valence-corrected chi connectivity index (χ3v) is 1.03. The van der Waals surface area contributed by atoms with E-state index in [0.717, 1.165) is 0 Å². The quantitative estimate of drug-likeness (QED) is 0.507. The Labute approximate surface area is 47.3 Å². The number of aryl methyl sites for hydroxylation is 1. The Morgan fingerprint density at radius 1 is 1.75 bits per heavy atom. The molecule has 0 atom stereocenters. The van der Waals surface area contributed by atoms with E-state index < -0.39 is 0 Å². The minimum atomic E-state index is 0.213. The number of nitrogen functional groups attached to an aromatic ring is 1. The first-order chi connectivity index (χ1) is 3.70. The van der Waals surface area contributed by atoms with Crippen LogP contribution in [0.2, 0.25) is 0 Å². The topological polar surface area (TPSA) is 51.2 Å². The van der Waals surface area contributed by atoms with Gasteiger partial charge >= 0.3 is 0 Å². The Balaban J connectivity index is 3.14. The van der Waals surface area contributed by atoms with Gasteiger partial charge in [-0.1, -0.05) is 0 Å². The average molecular weight is 112 g/mol. The molecule has 1 aromatic heterocycles. The standard InChI is InChI=1S/C5H8N2O/c1-7-3-4(8)2-5(7)6/h2-3,8H,6H2,1H3. The van der Waals surface area contributed by atoms with E-state index in [4.69, 9.17) is 10.8 Å². The molecule has 3 heteroatoms. The van der Waals surface area contributed by atoms with Crippen LogP contribution in [0.1, 0.15) is 0 Å². The second kappa shape index (κ2) is 1.43. The lowest BCUT2D eigenvalue weighted by Crippen LogP contribution is -1.92. The van der Waals surface area contributed by atoms with Crippen LogP contribution in [-0.4, -0.2) is 9.67 Å². The Morgan fingerprint density at radius 3 is 2.50 bits per heavy atom. The summed E-state index contributed by atoms with van der Waals surface area (Å²) in [7, 11) is 1.77. The zero-order chi connectivity index (χ0) is 6.15. The van der Waals surface area contributed by atoms with Crippen molar-refractivity contribution in [3.63, 3.8) is 0 Å². The second-order valence-electron chi connectivity index (χ2n) is 1.73. The van der Waals surface area contributed by atoms with E-state index in [9.17, 15) is 0 Å². The number of anilines is 1. The van der Waals surface area contributed by atoms with Gasteiger partial charge in [0.2, 0.25) is 0 Å². The van der Waals surface area contributed by atoms with Gasteiger partial charge in [0.25, 0.3) is 0 Å². The minimum Gasteiger partial charge on any atom is -0.506 e. The van der Waals surface area contributed by atoms with Crippen LogP contribution < -0.4 is 5.73 Å². The fourth-order valence-electron chi connectivity index (χ4n) is 0.564. The van der Waals surface area contributed by atoms with E-state index in [2.05, 4.69) is 0 Å². The summed E-state index contributed by atoms with van der Waals surface area (Å²) >= 11 is 0. The molecule has 0 amide bonds. The van der Waals surface area contributed by atoms with Crippen LogP contribution in [0.3, 0.4) is 0 Å². The molecule has 1 aromatic rings. The van der Waals surface area contributed by atoms with E-state index >= 15 is 0 Å². The molecule has 8 heavy (non-hydrogen) atoms. The number of nitrogens with zero attached hydrogens (tertiary/aromatic N) is 1. The number of rotatable bonds is 0. The van der Waals surface area contributed by atoms with E-state index in [-0.39, 0.29) is 5.75 Å². The van der Waals surface area contributed by atoms with E-state index in [1.807, 2.05) is 0 Å². The normalized spacial score (nSPS) is 9.62. The highest BCUT2D eigenvalue weighted by Crippen LogP contribution is 2.13. The van der Waals surface area contributed by atoms with Crippen molar-refractivity contribution in [1.82, 2.24) is 4.57 Å². The fraction of sp³-hybridized carbons (Fsp3) is 0.200. The molecule has 1 heterocycles. The van der Waals surface area contributed by atoms with Crippen molar-refractivity contribution in [3.05, 3.63) is 12.3 Å². The number of aromatic hydroxyl groups is 1. The van der Waals surface area contributed by atoms with Crippen LogP contribution in [-0.2, 0) is 7.05 Å². The van der Waals surface area contributed by atoms with Crippen molar-refractivity contribution in [3.8, 4) is 5.75 Å². The zero-order valence-corrected chi connectivity index (χ0v) is 4.63. The van der Waals surface area contributed by atoms with Gasteiger partial charge < -0.3 is 15.4 Å². The fourth-order valence-corrected chi connectivity index (χ4v) is 0.564. The van der Waals surface area contributed by atoms with Crippen molar-refractivity contribution in [2.75, 3.05) is 5.73 Å². The second-order valence-corrected chi connectivity index (χ2v) is 1.73. The first-order valence-electron chi connectivity index (χ1n) is 2.31. The summed E-state index contributed by atoms with van der Waals surface area (Å²) < 4.78 is 1.65. The van der Waals surface area contributed by atoms with Crippen LogP contribution in [0.5, 0.6) is 5.75 Å². The lowest BCUT2D eigenvalue weighted by Gasteiger charge is -1.89. The third kappa shape index (κ3) is 0.621. The molecule has 0 radical (unpaired) electrons. The lowest BCUT2D eigenvalue weighted by atomic mass is 10.6. The van der Waals surface area contributed by atoms with Gasteiger partial charge in [-0.3, -0.25) is 0 Å². The van der Waals surface area contributed by atoms with E-state index in [1.54, 1.807) is 17.8 Å². The van der Waals surface area contributed by atoms with Crippen LogP contribution >= 0.6 is 0 Å². The molecule has 0 aliphatic heterocycles. The molecule has 0 aromatic carbocycles. The summed E-state index contributed by atoms with van der Waals surface area (Å²) in [5.74, 6) is 0.785. The predicted molar refractivity (Wildman–Crippen MR) is 31.5 cm³/mol. The van der Waals surface area contributed by atoms with E-state index in [0.29, 0.717) is 5.82 Å². The average Bonchev–Trinajstić information content (AvgIpc) is 1.85. The van der Waals surface area contributed by atoms with Gasteiger partial charge in [-0.15, -0.1) is 0 Å². The largest absolute Gasteiger partial charge is 0.506 e. The first-order valence-corrected chi connectivity index (χ1v) is 2.31. The Kier molecular flexibility index (Phi) is 0.901. The van der Waals surface area contributed by atoms with Crippen molar-refractivity contribution < 1.29 is 5.11 Å². The molecule has 0 saturated carbocycles. The molecule has 3 nitrogen and oxygen atoms in total. The molecule has 1 rings (SSSR count). The smallest absolute Gasteiger partial charge is 0.135 e. The number of nitrogens with two attached hydrogens (primary N) is 1. The highest BCUT2D eigenvalue weighted by atomic mass is 16.3. The molecule has 0 saturated heterocycles. The van der Waals surface area contributed by atoms with Crippen molar-refractivity contribution in [2.24, 2.45) is 7.05 Å². The van der Waals surface area contributed by atoms with Gasteiger partial charge in [-0.05, 0) is 0 Å². The SMILES string of the molecule is Cn1cc(O)cc1N. The van der Waals surface area contributed by atoms with Gasteiger partial charge in [-0.2, -0.15) is 0 Å². The highest BCUT2D eigenvalue weighted by molar-refractivity contribution is 5.38. The van der Waals surface area contributed by atoms with Crippen LogP contribution in [0.4, 0.5) is 5.82 Å². The predicted octanol–water partition coefficient (Wildman–Crippen LogP) is 0.313. The first kappa shape index (κ1) is 5.03. The van der Waals surface area contributed by atoms with Gasteiger partial charge in [0.1, 0.15) is 11.6 Å². The molecule has 0 aliphatic rings. The molecule has 0 aliphatic carbocycles. The minimum absolute atomic E-state index is 0.213. The van der Waals surface area contributed by atoms with Crippen LogP contribution in [0.15, 0.2) is 12.3 Å².